The van der Waals surface area contributed by atoms with E-state index in [1.165, 1.54) is 0 Å². The zero-order valence-electron chi connectivity index (χ0n) is 9.40. The molecule has 3 heteroatoms. The van der Waals surface area contributed by atoms with Crippen molar-refractivity contribution in [1.29, 1.82) is 0 Å². The first-order chi connectivity index (χ1) is 7.11. The number of anilines is 2. The molecule has 0 radical (unpaired) electrons. The van der Waals surface area contributed by atoms with Crippen LogP contribution < -0.4 is 11.1 Å². The summed E-state index contributed by atoms with van der Waals surface area (Å²) in [5.41, 5.74) is 7.38. The number of hydrogen-bond donors (Lipinski definition) is 3. The van der Waals surface area contributed by atoms with Gasteiger partial charge in [0.15, 0.2) is 0 Å². The first kappa shape index (κ1) is 11.9. The van der Waals surface area contributed by atoms with E-state index in [0.717, 1.165) is 17.8 Å². The zero-order valence-corrected chi connectivity index (χ0v) is 9.40. The first-order valence-corrected chi connectivity index (χ1v) is 5.34. The molecule has 0 aromatic heterocycles. The molecule has 3 nitrogen and oxygen atoms in total. The fraction of sp³-hybridized carbons (Fsp3) is 0.500. The molecule has 0 amide bonds. The highest BCUT2D eigenvalue weighted by Crippen LogP contribution is 2.15. The van der Waals surface area contributed by atoms with E-state index in [2.05, 4.69) is 19.2 Å². The highest BCUT2D eigenvalue weighted by Gasteiger charge is 2.09. The van der Waals surface area contributed by atoms with Crippen LogP contribution in [0.5, 0.6) is 0 Å². The lowest BCUT2D eigenvalue weighted by molar-refractivity contribution is 0.259. The first-order valence-electron chi connectivity index (χ1n) is 5.34. The van der Waals surface area contributed by atoms with Gasteiger partial charge in [-0.25, -0.2) is 0 Å². The topological polar surface area (TPSA) is 58.3 Å². The number of nitrogens with one attached hydrogen (secondary N) is 1. The number of nitrogens with two attached hydrogens (primary N) is 1. The molecule has 0 aliphatic carbocycles. The van der Waals surface area contributed by atoms with Gasteiger partial charge in [0.05, 0.1) is 6.61 Å². The Balaban J connectivity index is 2.58. The number of aliphatic hydroxyl groups excluding tert-OH is 1. The molecule has 0 spiro atoms. The van der Waals surface area contributed by atoms with Gasteiger partial charge in [0.25, 0.3) is 0 Å². The van der Waals surface area contributed by atoms with Crippen molar-refractivity contribution >= 4 is 11.4 Å². The van der Waals surface area contributed by atoms with Crippen LogP contribution in [0.15, 0.2) is 24.3 Å². The second kappa shape index (κ2) is 5.61. The number of rotatable bonds is 5. The lowest BCUT2D eigenvalue weighted by Gasteiger charge is -2.19. The third kappa shape index (κ3) is 4.21. The minimum atomic E-state index is 0.104. The fourth-order valence-corrected chi connectivity index (χ4v) is 1.61. The van der Waals surface area contributed by atoms with Gasteiger partial charge in [0.1, 0.15) is 0 Å². The van der Waals surface area contributed by atoms with Crippen molar-refractivity contribution in [1.82, 2.24) is 0 Å². The average molecular weight is 208 g/mol. The van der Waals surface area contributed by atoms with Crippen LogP contribution in [0.25, 0.3) is 0 Å². The molecule has 84 valence electrons. The summed E-state index contributed by atoms with van der Waals surface area (Å²) >= 11 is 0. The van der Waals surface area contributed by atoms with Crippen molar-refractivity contribution in [3.05, 3.63) is 24.3 Å². The van der Waals surface area contributed by atoms with Gasteiger partial charge in [0.2, 0.25) is 0 Å². The molecule has 1 rings (SSSR count). The SMILES string of the molecule is CC(C)CC(CO)Nc1cccc(N)c1. The van der Waals surface area contributed by atoms with Crippen LogP contribution in [0, 0.1) is 5.92 Å². The summed E-state index contributed by atoms with van der Waals surface area (Å²) in [6, 6.07) is 7.69. The Morgan fingerprint density at radius 2 is 2.13 bits per heavy atom. The molecular formula is C12H20N2O. The van der Waals surface area contributed by atoms with E-state index in [0.29, 0.717) is 5.92 Å². The molecule has 15 heavy (non-hydrogen) atoms. The molecular weight excluding hydrogens is 188 g/mol. The Kier molecular flexibility index (Phi) is 4.43. The third-order valence-electron chi connectivity index (χ3n) is 2.23. The molecule has 0 saturated heterocycles. The molecule has 0 saturated carbocycles. The normalized spacial score (nSPS) is 12.8. The van der Waals surface area contributed by atoms with Gasteiger partial charge in [0, 0.05) is 17.4 Å². The monoisotopic (exact) mass is 208 g/mol. The largest absolute Gasteiger partial charge is 0.399 e. The minimum Gasteiger partial charge on any atom is -0.399 e. The Labute approximate surface area is 91.3 Å². The van der Waals surface area contributed by atoms with Crippen LogP contribution >= 0.6 is 0 Å². The second-order valence-corrected chi connectivity index (χ2v) is 4.28. The van der Waals surface area contributed by atoms with Gasteiger partial charge >= 0.3 is 0 Å². The smallest absolute Gasteiger partial charge is 0.0632 e. The molecule has 0 heterocycles. The number of hydrogen-bond acceptors (Lipinski definition) is 3. The fourth-order valence-electron chi connectivity index (χ4n) is 1.61. The molecule has 1 atom stereocenters. The molecule has 1 unspecified atom stereocenters. The van der Waals surface area contributed by atoms with Gasteiger partial charge in [-0.15, -0.1) is 0 Å². The van der Waals surface area contributed by atoms with Gasteiger partial charge < -0.3 is 16.2 Å². The van der Waals surface area contributed by atoms with E-state index in [9.17, 15) is 5.11 Å². The Morgan fingerprint density at radius 3 is 2.67 bits per heavy atom. The van der Waals surface area contributed by atoms with E-state index >= 15 is 0 Å². The van der Waals surface area contributed by atoms with Crippen molar-refractivity contribution < 1.29 is 5.11 Å². The van der Waals surface area contributed by atoms with Crippen LogP contribution in [0.3, 0.4) is 0 Å². The summed E-state index contributed by atoms with van der Waals surface area (Å²) in [6.45, 7) is 4.43. The highest BCUT2D eigenvalue weighted by atomic mass is 16.3. The number of nitrogen functional groups attached to an aromatic ring is 1. The van der Waals surface area contributed by atoms with Crippen molar-refractivity contribution in [2.75, 3.05) is 17.7 Å². The van der Waals surface area contributed by atoms with Crippen molar-refractivity contribution in [2.24, 2.45) is 5.92 Å². The maximum Gasteiger partial charge on any atom is 0.0632 e. The lowest BCUT2D eigenvalue weighted by atomic mass is 10.0. The summed E-state index contributed by atoms with van der Waals surface area (Å²) in [6.07, 6.45) is 0.950. The van der Waals surface area contributed by atoms with E-state index in [1.807, 2.05) is 24.3 Å². The van der Waals surface area contributed by atoms with E-state index in [4.69, 9.17) is 5.73 Å². The Morgan fingerprint density at radius 1 is 1.40 bits per heavy atom. The summed E-state index contributed by atoms with van der Waals surface area (Å²) in [5, 5.41) is 12.5. The van der Waals surface area contributed by atoms with Gasteiger partial charge in [-0.1, -0.05) is 19.9 Å². The molecule has 1 aromatic rings. The van der Waals surface area contributed by atoms with Crippen LogP contribution in [-0.4, -0.2) is 17.8 Å². The predicted octanol–water partition coefficient (Wildman–Crippen LogP) is 2.09. The summed E-state index contributed by atoms with van der Waals surface area (Å²) in [4.78, 5) is 0. The lowest BCUT2D eigenvalue weighted by Crippen LogP contribution is -2.25. The van der Waals surface area contributed by atoms with Crippen LogP contribution in [-0.2, 0) is 0 Å². The van der Waals surface area contributed by atoms with E-state index in [1.54, 1.807) is 0 Å². The zero-order chi connectivity index (χ0) is 11.3. The van der Waals surface area contributed by atoms with Gasteiger partial charge in [-0.2, -0.15) is 0 Å². The van der Waals surface area contributed by atoms with Crippen LogP contribution in [0.4, 0.5) is 11.4 Å². The number of aliphatic hydroxyl groups is 1. The molecule has 4 N–H and O–H groups in total. The van der Waals surface area contributed by atoms with Gasteiger partial charge in [-0.3, -0.25) is 0 Å². The summed E-state index contributed by atoms with van der Waals surface area (Å²) in [7, 11) is 0. The van der Waals surface area contributed by atoms with Crippen molar-refractivity contribution in [3.8, 4) is 0 Å². The average Bonchev–Trinajstić information content (AvgIpc) is 2.16. The van der Waals surface area contributed by atoms with E-state index < -0.39 is 0 Å². The predicted molar refractivity (Wildman–Crippen MR) is 64.8 cm³/mol. The maximum absolute atomic E-state index is 9.21. The minimum absolute atomic E-state index is 0.104. The van der Waals surface area contributed by atoms with E-state index in [-0.39, 0.29) is 12.6 Å². The quantitative estimate of drug-likeness (QED) is 0.649. The Hall–Kier alpha value is -1.22. The second-order valence-electron chi connectivity index (χ2n) is 4.28. The standard InChI is InChI=1S/C12H20N2O/c1-9(2)6-12(8-15)14-11-5-3-4-10(13)7-11/h3-5,7,9,12,14-15H,6,8,13H2,1-2H3. The molecule has 0 bridgehead atoms. The molecule has 0 fully saturated rings. The third-order valence-corrected chi connectivity index (χ3v) is 2.23. The summed E-state index contributed by atoms with van der Waals surface area (Å²) in [5.74, 6) is 0.565. The van der Waals surface area contributed by atoms with Crippen molar-refractivity contribution in [3.63, 3.8) is 0 Å². The summed E-state index contributed by atoms with van der Waals surface area (Å²) < 4.78 is 0. The maximum atomic E-state index is 9.21. The molecule has 1 aromatic carbocycles. The highest BCUT2D eigenvalue weighted by molar-refractivity contribution is 5.54. The number of benzene rings is 1. The van der Waals surface area contributed by atoms with Crippen LogP contribution in [0.1, 0.15) is 20.3 Å². The molecule has 0 aliphatic rings. The Bertz CT molecular complexity index is 299. The molecule has 0 aliphatic heterocycles. The van der Waals surface area contributed by atoms with Crippen LogP contribution in [0.2, 0.25) is 0 Å². The van der Waals surface area contributed by atoms with Gasteiger partial charge in [-0.05, 0) is 30.5 Å². The van der Waals surface area contributed by atoms with Crippen molar-refractivity contribution in [2.45, 2.75) is 26.3 Å².